The minimum Gasteiger partial charge on any atom is -0.550 e. The molecule has 3 nitrogen and oxygen atoms in total. The number of aliphatic carboxylic acids is 1. The molecule has 0 aliphatic rings. The molecule has 0 bridgehead atoms. The van der Waals surface area contributed by atoms with Crippen LogP contribution in [-0.2, 0) is 4.79 Å². The Hall–Kier alpha value is 0.741. The van der Waals surface area contributed by atoms with Crippen LogP contribution in [0, 0.1) is 0 Å². The van der Waals surface area contributed by atoms with Gasteiger partial charge in [-0.2, -0.15) is 0 Å². The van der Waals surface area contributed by atoms with Crippen LogP contribution in [-0.4, -0.2) is 54.9 Å². The fourth-order valence-corrected chi connectivity index (χ4v) is 1.27. The van der Waals surface area contributed by atoms with E-state index < -0.39 is 5.97 Å². The van der Waals surface area contributed by atoms with Crippen molar-refractivity contribution in [3.8, 4) is 0 Å². The maximum Gasteiger partial charge on any atom is 2.00 e. The number of allylic oxidation sites excluding steroid dienone is 1. The molecule has 0 aromatic heterocycles. The van der Waals surface area contributed by atoms with Gasteiger partial charge in [-0.3, -0.25) is 0 Å². The predicted octanol–water partition coefficient (Wildman–Crippen LogP) is 2.04. The molecule has 0 rings (SSSR count). The van der Waals surface area contributed by atoms with Gasteiger partial charge in [-0.15, -0.1) is 6.58 Å². The van der Waals surface area contributed by atoms with Gasteiger partial charge in [0, 0.05) is 5.97 Å². The first-order valence-corrected chi connectivity index (χ1v) is 5.08. The first-order valence-electron chi connectivity index (χ1n) is 5.08. The number of carboxylic acids is 1. The van der Waals surface area contributed by atoms with Crippen molar-refractivity contribution in [3.05, 3.63) is 12.7 Å². The maximum atomic E-state index is 10.1. The van der Waals surface area contributed by atoms with Crippen molar-refractivity contribution in [3.63, 3.8) is 0 Å². The van der Waals surface area contributed by atoms with Gasteiger partial charge in [0.15, 0.2) is 0 Å². The largest absolute Gasteiger partial charge is 2.00 e. The Bertz CT molecular complexity index is 152. The Balaban J connectivity index is -0.000000720. The monoisotopic (exact) mass is 339 g/mol. The molecule has 15 heavy (non-hydrogen) atoms. The zero-order chi connectivity index (χ0) is 9.94. The summed E-state index contributed by atoms with van der Waals surface area (Å²) in [4.78, 5) is 10.1. The van der Waals surface area contributed by atoms with E-state index in [1.807, 2.05) is 6.08 Å². The molecular formula is C11H23BaNO2+2. The van der Waals surface area contributed by atoms with E-state index in [1.165, 1.54) is 19.3 Å². The molecular weight excluding hydrogens is 315 g/mol. The van der Waals surface area contributed by atoms with Crippen molar-refractivity contribution in [2.75, 3.05) is 0 Å². The van der Waals surface area contributed by atoms with Crippen LogP contribution < -0.4 is 11.3 Å². The molecule has 0 fully saturated rings. The van der Waals surface area contributed by atoms with E-state index in [4.69, 9.17) is 0 Å². The van der Waals surface area contributed by atoms with Gasteiger partial charge in [0.1, 0.15) is 0 Å². The summed E-state index contributed by atoms with van der Waals surface area (Å²) in [6.45, 7) is 3.66. The standard InChI is InChI=1S/C11H20O2.Ba.H3N/c1-2-3-4-5-6-7-8-9-10-11(12)13;;/h2H,1,3-10H2,(H,12,13);;1H3/q;+2;. The molecule has 0 aliphatic carbocycles. The van der Waals surface area contributed by atoms with Crippen molar-refractivity contribution in [2.24, 2.45) is 0 Å². The minimum absolute atomic E-state index is 0. The van der Waals surface area contributed by atoms with Gasteiger partial charge in [-0.05, 0) is 25.7 Å². The van der Waals surface area contributed by atoms with Crippen molar-refractivity contribution in [2.45, 2.75) is 51.4 Å². The average Bonchev–Trinajstić information content (AvgIpc) is 2.09. The summed E-state index contributed by atoms with van der Waals surface area (Å²) in [5.74, 6) is -0.924. The van der Waals surface area contributed by atoms with Gasteiger partial charge in [-0.25, -0.2) is 0 Å². The van der Waals surface area contributed by atoms with Crippen molar-refractivity contribution in [1.82, 2.24) is 6.15 Å². The third-order valence-electron chi connectivity index (χ3n) is 2.04. The summed E-state index contributed by atoms with van der Waals surface area (Å²) in [6.07, 6.45) is 9.83. The third kappa shape index (κ3) is 20.7. The van der Waals surface area contributed by atoms with Crippen LogP contribution in [0.25, 0.3) is 0 Å². The smallest absolute Gasteiger partial charge is 0.550 e. The van der Waals surface area contributed by atoms with Gasteiger partial charge in [0.2, 0.25) is 0 Å². The van der Waals surface area contributed by atoms with Crippen LogP contribution in [0.5, 0.6) is 0 Å². The van der Waals surface area contributed by atoms with E-state index in [-0.39, 0.29) is 61.5 Å². The Kier molecular flexibility index (Phi) is 24.1. The fourth-order valence-electron chi connectivity index (χ4n) is 1.27. The number of carbonyl (C=O) groups excluding carboxylic acids is 1. The number of quaternary nitrogens is 1. The van der Waals surface area contributed by atoms with E-state index in [9.17, 15) is 9.90 Å². The second-order valence-corrected chi connectivity index (χ2v) is 3.32. The molecule has 4 N–H and O–H groups in total. The molecule has 0 saturated carbocycles. The zero-order valence-electron chi connectivity index (χ0n) is 9.96. The molecule has 0 aromatic rings. The van der Waals surface area contributed by atoms with Crippen LogP contribution in [0.4, 0.5) is 0 Å². The molecule has 0 saturated heterocycles. The van der Waals surface area contributed by atoms with Crippen molar-refractivity contribution < 1.29 is 9.90 Å². The summed E-state index contributed by atoms with van der Waals surface area (Å²) in [6, 6.07) is 0. The summed E-state index contributed by atoms with van der Waals surface area (Å²) >= 11 is 0. The summed E-state index contributed by atoms with van der Waals surface area (Å²) in [5, 5.41) is 10.1. The number of hydrogen-bond acceptors (Lipinski definition) is 2. The third-order valence-corrected chi connectivity index (χ3v) is 2.04. The molecule has 0 atom stereocenters. The molecule has 0 aliphatic heterocycles. The topological polar surface area (TPSA) is 76.6 Å². The first-order chi connectivity index (χ1) is 6.27. The molecule has 0 amide bonds. The van der Waals surface area contributed by atoms with E-state index in [1.54, 1.807) is 0 Å². The number of carboxylic acid groups (broad SMARTS) is 1. The number of unbranched alkanes of at least 4 members (excludes halogenated alkanes) is 6. The Morgan fingerprint density at radius 2 is 1.53 bits per heavy atom. The Labute approximate surface area is 133 Å². The Morgan fingerprint density at radius 3 is 2.00 bits per heavy atom. The molecule has 84 valence electrons. The van der Waals surface area contributed by atoms with Gasteiger partial charge < -0.3 is 16.1 Å². The van der Waals surface area contributed by atoms with Crippen LogP contribution >= 0.6 is 0 Å². The Morgan fingerprint density at radius 1 is 1.07 bits per heavy atom. The summed E-state index contributed by atoms with van der Waals surface area (Å²) in [5.41, 5.74) is 0. The SMILES string of the molecule is C=CCCCCCCCCC(=O)[O-].[Ba+2].[NH4+]. The summed E-state index contributed by atoms with van der Waals surface area (Å²) < 4.78 is 0. The fraction of sp³-hybridized carbons (Fsp3) is 0.727. The van der Waals surface area contributed by atoms with Gasteiger partial charge in [-0.1, -0.05) is 31.8 Å². The predicted molar refractivity (Wildman–Crippen MR) is 63.9 cm³/mol. The van der Waals surface area contributed by atoms with E-state index in [0.717, 1.165) is 25.7 Å². The second kappa shape index (κ2) is 17.1. The quantitative estimate of drug-likeness (QED) is 0.397. The molecule has 0 aromatic carbocycles. The molecule has 0 heterocycles. The number of carbonyl (C=O) groups is 1. The van der Waals surface area contributed by atoms with Crippen LogP contribution in [0.15, 0.2) is 12.7 Å². The number of rotatable bonds is 9. The van der Waals surface area contributed by atoms with Gasteiger partial charge in [0.25, 0.3) is 0 Å². The van der Waals surface area contributed by atoms with E-state index in [2.05, 4.69) is 6.58 Å². The summed E-state index contributed by atoms with van der Waals surface area (Å²) in [7, 11) is 0. The first kappa shape index (κ1) is 21.1. The molecule has 0 radical (unpaired) electrons. The van der Waals surface area contributed by atoms with Crippen LogP contribution in [0.2, 0.25) is 0 Å². The van der Waals surface area contributed by atoms with E-state index >= 15 is 0 Å². The van der Waals surface area contributed by atoms with Gasteiger partial charge in [0.05, 0.1) is 0 Å². The molecule has 4 heteroatoms. The van der Waals surface area contributed by atoms with Crippen molar-refractivity contribution in [1.29, 1.82) is 0 Å². The average molecular weight is 339 g/mol. The maximum absolute atomic E-state index is 10.1. The molecule has 0 spiro atoms. The van der Waals surface area contributed by atoms with Gasteiger partial charge >= 0.3 is 48.9 Å². The normalized spacial score (nSPS) is 8.53. The zero-order valence-corrected chi connectivity index (χ0v) is 14.4. The van der Waals surface area contributed by atoms with Crippen molar-refractivity contribution >= 4 is 54.9 Å². The van der Waals surface area contributed by atoms with Crippen LogP contribution in [0.1, 0.15) is 51.4 Å². The van der Waals surface area contributed by atoms with E-state index in [0.29, 0.717) is 0 Å². The molecule has 0 unspecified atom stereocenters. The second-order valence-electron chi connectivity index (χ2n) is 3.32. The minimum atomic E-state index is -0.924. The van der Waals surface area contributed by atoms with Crippen LogP contribution in [0.3, 0.4) is 0 Å². The number of hydrogen-bond donors (Lipinski definition) is 1.